The van der Waals surface area contributed by atoms with Crippen LogP contribution in [-0.4, -0.2) is 27.8 Å². The zero-order chi connectivity index (χ0) is 17.8. The maximum Gasteiger partial charge on any atom is 0.251 e. The van der Waals surface area contributed by atoms with Crippen LogP contribution in [-0.2, 0) is 11.3 Å². The van der Waals surface area contributed by atoms with Crippen LogP contribution >= 0.6 is 11.6 Å². The number of nitrogens with zero attached hydrogens (tertiary/aromatic N) is 1. The lowest BCUT2D eigenvalue weighted by Gasteiger charge is -2.13. The highest BCUT2D eigenvalue weighted by Gasteiger charge is 2.16. The molecule has 2 amide bonds. The molecule has 0 bridgehead atoms. The van der Waals surface area contributed by atoms with Crippen LogP contribution < -0.4 is 10.6 Å². The van der Waals surface area contributed by atoms with Crippen molar-refractivity contribution >= 4 is 34.4 Å². The van der Waals surface area contributed by atoms with Crippen molar-refractivity contribution in [2.45, 2.75) is 19.5 Å². The molecule has 128 valence electrons. The fourth-order valence-corrected chi connectivity index (χ4v) is 2.49. The predicted octanol–water partition coefficient (Wildman–Crippen LogP) is 2.65. The van der Waals surface area contributed by atoms with E-state index in [1.165, 1.54) is 0 Å². The van der Waals surface area contributed by atoms with E-state index in [-0.39, 0.29) is 18.4 Å². The number of hydrogen-bond donors (Lipinski definition) is 3. The standard InChI is InChI=1S/C18H17ClN4O2/c1-11(21-18(25)12-6-8-13(19)9-7-12)17(24)20-10-16-22-14-4-2-3-5-15(14)23-16/h2-9,11H,10H2,1H3,(H,20,24)(H,21,25)(H,22,23). The number of carbonyl (C=O) groups is 2. The maximum atomic E-state index is 12.2. The van der Waals surface area contributed by atoms with Crippen LogP contribution in [0.3, 0.4) is 0 Å². The number of benzene rings is 2. The van der Waals surface area contributed by atoms with Gasteiger partial charge in [0.2, 0.25) is 5.91 Å². The van der Waals surface area contributed by atoms with Crippen LogP contribution in [0.15, 0.2) is 48.5 Å². The number of hydrogen-bond acceptors (Lipinski definition) is 3. The second kappa shape index (κ2) is 7.36. The van der Waals surface area contributed by atoms with Gasteiger partial charge in [-0.2, -0.15) is 0 Å². The summed E-state index contributed by atoms with van der Waals surface area (Å²) in [6.07, 6.45) is 0. The molecule has 0 aliphatic rings. The molecule has 3 rings (SSSR count). The van der Waals surface area contributed by atoms with Crippen LogP contribution in [0.2, 0.25) is 5.02 Å². The number of H-pyrrole nitrogens is 1. The van der Waals surface area contributed by atoms with E-state index in [4.69, 9.17) is 11.6 Å². The lowest BCUT2D eigenvalue weighted by Crippen LogP contribution is -2.44. The molecule has 0 saturated heterocycles. The summed E-state index contributed by atoms with van der Waals surface area (Å²) in [7, 11) is 0. The molecule has 0 aliphatic carbocycles. The molecular formula is C18H17ClN4O2. The van der Waals surface area contributed by atoms with Gasteiger partial charge in [-0.1, -0.05) is 23.7 Å². The quantitative estimate of drug-likeness (QED) is 0.656. The van der Waals surface area contributed by atoms with Crippen molar-refractivity contribution in [2.24, 2.45) is 0 Å². The minimum Gasteiger partial charge on any atom is -0.347 e. The first-order valence-electron chi connectivity index (χ1n) is 7.80. The number of aromatic amines is 1. The van der Waals surface area contributed by atoms with E-state index in [0.717, 1.165) is 11.0 Å². The number of para-hydroxylation sites is 2. The second-order valence-electron chi connectivity index (χ2n) is 5.62. The number of amides is 2. The van der Waals surface area contributed by atoms with Crippen molar-refractivity contribution in [3.8, 4) is 0 Å². The fraction of sp³-hybridized carbons (Fsp3) is 0.167. The van der Waals surface area contributed by atoms with Crippen LogP contribution in [0.1, 0.15) is 23.1 Å². The maximum absolute atomic E-state index is 12.2. The van der Waals surface area contributed by atoms with Gasteiger partial charge in [0, 0.05) is 10.6 Å². The second-order valence-corrected chi connectivity index (χ2v) is 6.06. The van der Waals surface area contributed by atoms with Gasteiger partial charge in [0.1, 0.15) is 11.9 Å². The molecule has 0 radical (unpaired) electrons. The van der Waals surface area contributed by atoms with Crippen molar-refractivity contribution in [1.29, 1.82) is 0 Å². The van der Waals surface area contributed by atoms with Crippen molar-refractivity contribution < 1.29 is 9.59 Å². The first-order valence-corrected chi connectivity index (χ1v) is 8.18. The van der Waals surface area contributed by atoms with Gasteiger partial charge in [-0.25, -0.2) is 4.98 Å². The molecule has 7 heteroatoms. The summed E-state index contributed by atoms with van der Waals surface area (Å²) in [4.78, 5) is 31.8. The Morgan fingerprint density at radius 2 is 1.88 bits per heavy atom. The molecule has 1 heterocycles. The SMILES string of the molecule is CC(NC(=O)c1ccc(Cl)cc1)C(=O)NCc1nc2ccccc2[nH]1. The number of aromatic nitrogens is 2. The van der Waals surface area contributed by atoms with Gasteiger partial charge in [-0.15, -0.1) is 0 Å². The average Bonchev–Trinajstić information content (AvgIpc) is 3.03. The van der Waals surface area contributed by atoms with Crippen molar-refractivity contribution in [3.05, 3.63) is 64.9 Å². The minimum atomic E-state index is -0.674. The van der Waals surface area contributed by atoms with Gasteiger partial charge in [-0.3, -0.25) is 9.59 Å². The molecule has 0 aliphatic heterocycles. The van der Waals surface area contributed by atoms with Crippen LogP contribution in [0.4, 0.5) is 0 Å². The normalized spacial score (nSPS) is 11.9. The highest BCUT2D eigenvalue weighted by atomic mass is 35.5. The molecule has 0 fully saturated rings. The van der Waals surface area contributed by atoms with Crippen molar-refractivity contribution in [1.82, 2.24) is 20.6 Å². The Morgan fingerprint density at radius 3 is 2.60 bits per heavy atom. The third-order valence-corrected chi connectivity index (χ3v) is 3.97. The first kappa shape index (κ1) is 17.0. The Balaban J connectivity index is 1.55. The summed E-state index contributed by atoms with van der Waals surface area (Å²) in [6.45, 7) is 1.89. The Morgan fingerprint density at radius 1 is 1.16 bits per heavy atom. The largest absolute Gasteiger partial charge is 0.347 e. The van der Waals surface area contributed by atoms with Gasteiger partial charge in [0.15, 0.2) is 0 Å². The Kier molecular flexibility index (Phi) is 5.00. The van der Waals surface area contributed by atoms with Crippen LogP contribution in [0.25, 0.3) is 11.0 Å². The molecule has 3 N–H and O–H groups in total. The van der Waals surface area contributed by atoms with E-state index >= 15 is 0 Å². The number of rotatable bonds is 5. The van der Waals surface area contributed by atoms with Crippen molar-refractivity contribution in [3.63, 3.8) is 0 Å². The lowest BCUT2D eigenvalue weighted by molar-refractivity contribution is -0.122. The first-order chi connectivity index (χ1) is 12.0. The third kappa shape index (κ3) is 4.16. The van der Waals surface area contributed by atoms with Crippen LogP contribution in [0.5, 0.6) is 0 Å². The van der Waals surface area contributed by atoms with Gasteiger partial charge in [-0.05, 0) is 43.3 Å². The topological polar surface area (TPSA) is 86.9 Å². The summed E-state index contributed by atoms with van der Waals surface area (Å²) in [6, 6.07) is 13.4. The number of fused-ring (bicyclic) bond motifs is 1. The fourth-order valence-electron chi connectivity index (χ4n) is 2.36. The zero-order valence-corrected chi connectivity index (χ0v) is 14.3. The number of nitrogens with one attached hydrogen (secondary N) is 3. The molecule has 25 heavy (non-hydrogen) atoms. The van der Waals surface area contributed by atoms with Crippen molar-refractivity contribution in [2.75, 3.05) is 0 Å². The minimum absolute atomic E-state index is 0.259. The zero-order valence-electron chi connectivity index (χ0n) is 13.5. The van der Waals surface area contributed by atoms with E-state index in [2.05, 4.69) is 20.6 Å². The molecule has 1 atom stereocenters. The van der Waals surface area contributed by atoms with E-state index in [1.807, 2.05) is 24.3 Å². The number of carbonyl (C=O) groups excluding carboxylic acids is 2. The molecular weight excluding hydrogens is 340 g/mol. The lowest BCUT2D eigenvalue weighted by atomic mass is 10.2. The Bertz CT molecular complexity index is 872. The smallest absolute Gasteiger partial charge is 0.251 e. The monoisotopic (exact) mass is 356 g/mol. The molecule has 0 spiro atoms. The van der Waals surface area contributed by atoms with E-state index in [9.17, 15) is 9.59 Å². The summed E-state index contributed by atoms with van der Waals surface area (Å²) >= 11 is 5.80. The average molecular weight is 357 g/mol. The molecule has 3 aromatic rings. The molecule has 0 saturated carbocycles. The predicted molar refractivity (Wildman–Crippen MR) is 96.3 cm³/mol. The van der Waals surface area contributed by atoms with Gasteiger partial charge >= 0.3 is 0 Å². The highest BCUT2D eigenvalue weighted by molar-refractivity contribution is 6.30. The number of halogens is 1. The van der Waals surface area contributed by atoms with Crippen LogP contribution in [0, 0.1) is 0 Å². The number of imidazole rings is 1. The summed E-state index contributed by atoms with van der Waals surface area (Å²) in [5, 5.41) is 5.96. The van der Waals surface area contributed by atoms with E-state index < -0.39 is 6.04 Å². The Labute approximate surface area is 149 Å². The molecule has 2 aromatic carbocycles. The Hall–Kier alpha value is -2.86. The summed E-state index contributed by atoms with van der Waals surface area (Å²) < 4.78 is 0. The van der Waals surface area contributed by atoms with Gasteiger partial charge in [0.25, 0.3) is 5.91 Å². The summed E-state index contributed by atoms with van der Waals surface area (Å²) in [5.41, 5.74) is 2.20. The summed E-state index contributed by atoms with van der Waals surface area (Å²) in [5.74, 6) is 0.0385. The van der Waals surface area contributed by atoms with E-state index in [0.29, 0.717) is 16.4 Å². The molecule has 1 aromatic heterocycles. The third-order valence-electron chi connectivity index (χ3n) is 3.72. The highest BCUT2D eigenvalue weighted by Crippen LogP contribution is 2.10. The van der Waals surface area contributed by atoms with Gasteiger partial charge < -0.3 is 15.6 Å². The molecule has 6 nitrogen and oxygen atoms in total. The van der Waals surface area contributed by atoms with E-state index in [1.54, 1.807) is 31.2 Å². The van der Waals surface area contributed by atoms with Gasteiger partial charge in [0.05, 0.1) is 17.6 Å². The molecule has 1 unspecified atom stereocenters.